The van der Waals surface area contributed by atoms with Crippen molar-refractivity contribution < 1.29 is 0 Å². The van der Waals surface area contributed by atoms with E-state index in [0.29, 0.717) is 16.8 Å². The van der Waals surface area contributed by atoms with E-state index in [1.807, 2.05) is 0 Å². The lowest BCUT2D eigenvalue weighted by molar-refractivity contribution is 1.21. The molecule has 0 atom stereocenters. The molecule has 0 saturated carbocycles. The molecular weight excluding hydrogens is 389 g/mol. The summed E-state index contributed by atoms with van der Waals surface area (Å²) >= 11 is 16.2. The summed E-state index contributed by atoms with van der Waals surface area (Å²) in [7, 11) is 0. The number of anilines is 3. The van der Waals surface area contributed by atoms with Gasteiger partial charge in [0, 0.05) is 12.4 Å². The van der Waals surface area contributed by atoms with Crippen LogP contribution in [0.5, 0.6) is 0 Å². The Morgan fingerprint density at radius 3 is 1.68 bits per heavy atom. The number of hydrogen-bond acceptors (Lipinski definition) is 9. The van der Waals surface area contributed by atoms with Crippen molar-refractivity contribution in [2.75, 3.05) is 17.2 Å². The normalized spacial score (nSPS) is 8.76. The highest BCUT2D eigenvalue weighted by Gasteiger charge is 1.97. The van der Waals surface area contributed by atoms with Gasteiger partial charge in [0.1, 0.15) is 21.9 Å². The Labute approximate surface area is 159 Å². The van der Waals surface area contributed by atoms with E-state index in [4.69, 9.17) is 52.0 Å². The highest BCUT2D eigenvalue weighted by molar-refractivity contribution is 6.33. The molecule has 0 amide bonds. The van der Waals surface area contributed by atoms with Gasteiger partial charge in [-0.05, 0) is 0 Å². The first kappa shape index (κ1) is 22.5. The number of rotatable bonds is 0. The van der Waals surface area contributed by atoms with Crippen molar-refractivity contribution >= 4 is 52.3 Å². The Balaban J connectivity index is 0.000000341. The van der Waals surface area contributed by atoms with Gasteiger partial charge in [-0.15, -0.1) is 0 Å². The van der Waals surface area contributed by atoms with Gasteiger partial charge in [0.25, 0.3) is 0 Å². The number of nitrogen functional groups attached to an aromatic ring is 3. The molecule has 134 valence electrons. The molecule has 9 nitrogen and oxygen atoms in total. The van der Waals surface area contributed by atoms with Crippen LogP contribution in [0.2, 0.25) is 15.5 Å². The molecule has 0 aliphatic carbocycles. The highest BCUT2D eigenvalue weighted by atomic mass is 35.5. The standard InChI is InChI=1S/C4H3Cl2N3.C4H4ClN3.C4H5N3.CH4/c5-2-1-8-4(7)3(6)9-2;5-3-1-8-4(6)2-7-3;5-4-3-6-1-2-7-4;/h1H,(H2,7,8);1-2H,(H2,6,8);1-3H,(H2,5,7);1H4. The predicted molar refractivity (Wildman–Crippen MR) is 101 cm³/mol. The minimum absolute atomic E-state index is 0. The van der Waals surface area contributed by atoms with E-state index < -0.39 is 0 Å². The van der Waals surface area contributed by atoms with Crippen LogP contribution in [0.1, 0.15) is 7.43 Å². The van der Waals surface area contributed by atoms with E-state index in [1.54, 1.807) is 12.4 Å². The lowest BCUT2D eigenvalue weighted by Crippen LogP contribution is -1.92. The molecule has 0 radical (unpaired) electrons. The molecule has 3 aromatic heterocycles. The molecule has 0 bridgehead atoms. The fourth-order valence-electron chi connectivity index (χ4n) is 0.989. The first-order chi connectivity index (χ1) is 11.4. The summed E-state index contributed by atoms with van der Waals surface area (Å²) in [5, 5.41) is 0.746. The summed E-state index contributed by atoms with van der Waals surface area (Å²) in [4.78, 5) is 22.0. The van der Waals surface area contributed by atoms with E-state index >= 15 is 0 Å². The van der Waals surface area contributed by atoms with Gasteiger partial charge in [-0.25, -0.2) is 24.9 Å². The van der Waals surface area contributed by atoms with Crippen LogP contribution in [0.15, 0.2) is 37.2 Å². The second-order valence-corrected chi connectivity index (χ2v) is 4.90. The van der Waals surface area contributed by atoms with Gasteiger partial charge < -0.3 is 17.2 Å². The fourth-order valence-corrected chi connectivity index (χ4v) is 1.40. The molecule has 0 aliphatic heterocycles. The van der Waals surface area contributed by atoms with Crippen LogP contribution in [-0.2, 0) is 0 Å². The monoisotopic (exact) mass is 403 g/mol. The van der Waals surface area contributed by atoms with Crippen molar-refractivity contribution in [1.29, 1.82) is 0 Å². The fraction of sp³-hybridized carbons (Fsp3) is 0.0769. The smallest absolute Gasteiger partial charge is 0.172 e. The Kier molecular flexibility index (Phi) is 10.8. The lowest BCUT2D eigenvalue weighted by atomic mass is 10.7. The average Bonchev–Trinajstić information content (AvgIpc) is 2.56. The molecule has 6 N–H and O–H groups in total. The molecule has 12 heteroatoms. The maximum Gasteiger partial charge on any atom is 0.172 e. The second kappa shape index (κ2) is 12.0. The third-order valence-corrected chi connectivity index (χ3v) is 2.61. The van der Waals surface area contributed by atoms with Crippen LogP contribution >= 0.6 is 34.8 Å². The van der Waals surface area contributed by atoms with E-state index in [1.165, 1.54) is 24.8 Å². The van der Waals surface area contributed by atoms with Gasteiger partial charge in [0.2, 0.25) is 0 Å². The van der Waals surface area contributed by atoms with Crippen LogP contribution in [0.4, 0.5) is 17.5 Å². The first-order valence-electron chi connectivity index (χ1n) is 6.06. The number of halogens is 3. The highest BCUT2D eigenvalue weighted by Crippen LogP contribution is 2.14. The van der Waals surface area contributed by atoms with Crippen molar-refractivity contribution in [3.63, 3.8) is 0 Å². The maximum atomic E-state index is 5.43. The third kappa shape index (κ3) is 10.1. The summed E-state index contributed by atoms with van der Waals surface area (Å²) in [6, 6.07) is 0. The minimum atomic E-state index is 0. The van der Waals surface area contributed by atoms with Gasteiger partial charge in [-0.3, -0.25) is 4.98 Å². The molecule has 3 aromatic rings. The van der Waals surface area contributed by atoms with E-state index in [0.717, 1.165) is 0 Å². The maximum absolute atomic E-state index is 5.43. The Bertz CT molecular complexity index is 720. The minimum Gasteiger partial charge on any atom is -0.382 e. The van der Waals surface area contributed by atoms with E-state index in [2.05, 4.69) is 29.9 Å². The lowest BCUT2D eigenvalue weighted by Gasteiger charge is -1.92. The summed E-state index contributed by atoms with van der Waals surface area (Å²) in [6.07, 6.45) is 8.77. The number of nitrogens with zero attached hydrogens (tertiary/aromatic N) is 6. The van der Waals surface area contributed by atoms with Crippen LogP contribution in [0.25, 0.3) is 0 Å². The third-order valence-electron chi connectivity index (χ3n) is 1.95. The SMILES string of the molecule is C.Nc1cnc(Cl)cn1.Nc1cnccn1.Nc1ncc(Cl)nc1Cl. The van der Waals surface area contributed by atoms with Crippen molar-refractivity contribution in [2.45, 2.75) is 7.43 Å². The van der Waals surface area contributed by atoms with Gasteiger partial charge in [-0.2, -0.15) is 0 Å². The average molecular weight is 405 g/mol. The topological polar surface area (TPSA) is 155 Å². The summed E-state index contributed by atoms with van der Waals surface area (Å²) in [6.45, 7) is 0. The van der Waals surface area contributed by atoms with Gasteiger partial charge >= 0.3 is 0 Å². The predicted octanol–water partition coefficient (Wildman–Crippen LogP) is 2.77. The molecule has 0 aliphatic rings. The van der Waals surface area contributed by atoms with Gasteiger partial charge in [-0.1, -0.05) is 42.2 Å². The Morgan fingerprint density at radius 2 is 1.32 bits per heavy atom. The van der Waals surface area contributed by atoms with Crippen LogP contribution in [-0.4, -0.2) is 29.9 Å². The first-order valence-corrected chi connectivity index (χ1v) is 7.20. The molecular formula is C13H16Cl3N9. The van der Waals surface area contributed by atoms with Crippen LogP contribution in [0, 0.1) is 0 Å². The molecule has 25 heavy (non-hydrogen) atoms. The zero-order valence-corrected chi connectivity index (χ0v) is 14.3. The van der Waals surface area contributed by atoms with Crippen LogP contribution < -0.4 is 17.2 Å². The molecule has 0 unspecified atom stereocenters. The molecule has 0 spiro atoms. The number of hydrogen-bond donors (Lipinski definition) is 3. The zero-order valence-electron chi connectivity index (χ0n) is 12.0. The second-order valence-electron chi connectivity index (χ2n) is 3.76. The molecule has 3 heterocycles. The van der Waals surface area contributed by atoms with Crippen molar-refractivity contribution in [1.82, 2.24) is 29.9 Å². The number of aromatic nitrogens is 6. The van der Waals surface area contributed by atoms with Gasteiger partial charge in [0.05, 0.1) is 24.8 Å². The summed E-state index contributed by atoms with van der Waals surface area (Å²) in [5.74, 6) is 1.04. The Morgan fingerprint density at radius 1 is 0.680 bits per heavy atom. The Hall–Kier alpha value is -2.49. The molecule has 0 aromatic carbocycles. The summed E-state index contributed by atoms with van der Waals surface area (Å²) < 4.78 is 0. The largest absolute Gasteiger partial charge is 0.382 e. The van der Waals surface area contributed by atoms with Crippen molar-refractivity contribution in [3.05, 3.63) is 52.6 Å². The van der Waals surface area contributed by atoms with E-state index in [9.17, 15) is 0 Å². The van der Waals surface area contributed by atoms with Crippen molar-refractivity contribution in [2.24, 2.45) is 0 Å². The van der Waals surface area contributed by atoms with Crippen LogP contribution in [0.3, 0.4) is 0 Å². The summed E-state index contributed by atoms with van der Waals surface area (Å²) in [5.41, 5.74) is 15.6. The molecule has 0 saturated heterocycles. The van der Waals surface area contributed by atoms with Crippen molar-refractivity contribution in [3.8, 4) is 0 Å². The number of nitrogens with two attached hydrogens (primary N) is 3. The quantitative estimate of drug-likeness (QED) is 0.512. The van der Waals surface area contributed by atoms with Gasteiger partial charge in [0.15, 0.2) is 11.0 Å². The molecule has 0 fully saturated rings. The molecule has 3 rings (SSSR count). The van der Waals surface area contributed by atoms with E-state index in [-0.39, 0.29) is 23.6 Å². The zero-order chi connectivity index (χ0) is 17.9.